The number of morpholine rings is 1. The van der Waals surface area contributed by atoms with Crippen molar-refractivity contribution in [2.24, 2.45) is 0 Å². The number of ether oxygens (including phenoxy) is 1. The number of amides is 2. The first-order chi connectivity index (χ1) is 13.3. The fourth-order valence-corrected chi connectivity index (χ4v) is 3.75. The van der Waals surface area contributed by atoms with E-state index in [-0.39, 0.29) is 12.1 Å². The number of urea groups is 1. The van der Waals surface area contributed by atoms with Crippen molar-refractivity contribution in [3.05, 3.63) is 48.3 Å². The highest BCUT2D eigenvalue weighted by Crippen LogP contribution is 2.22. The van der Waals surface area contributed by atoms with Gasteiger partial charge in [0, 0.05) is 32.0 Å². The van der Waals surface area contributed by atoms with Crippen molar-refractivity contribution in [2.45, 2.75) is 6.04 Å². The van der Waals surface area contributed by atoms with E-state index in [1.165, 1.54) is 0 Å². The normalized spacial score (nSPS) is 16.1. The monoisotopic (exact) mass is 384 g/mol. The third-order valence-electron chi connectivity index (χ3n) is 4.57. The van der Waals surface area contributed by atoms with Crippen LogP contribution in [0.3, 0.4) is 0 Å². The smallest absolute Gasteiger partial charge is 0.319 e. The lowest BCUT2D eigenvalue weighted by molar-refractivity contribution is 0.0167. The molecule has 1 aliphatic heterocycles. The first-order valence-electron chi connectivity index (χ1n) is 8.79. The lowest BCUT2D eigenvalue weighted by Crippen LogP contribution is -2.44. The van der Waals surface area contributed by atoms with Gasteiger partial charge in [-0.05, 0) is 29.8 Å². The molecule has 0 radical (unpaired) electrons. The Morgan fingerprint density at radius 2 is 2.00 bits per heavy atom. The zero-order chi connectivity index (χ0) is 18.5. The van der Waals surface area contributed by atoms with E-state index < -0.39 is 0 Å². The van der Waals surface area contributed by atoms with Crippen molar-refractivity contribution in [1.82, 2.24) is 23.9 Å². The summed E-state index contributed by atoms with van der Waals surface area (Å²) in [5.41, 5.74) is 3.26. The minimum atomic E-state index is -0.261. The van der Waals surface area contributed by atoms with Gasteiger partial charge in [-0.15, -0.1) is 0 Å². The molecule has 4 rings (SSSR count). The fourth-order valence-electron chi connectivity index (χ4n) is 3.20. The van der Waals surface area contributed by atoms with Crippen molar-refractivity contribution < 1.29 is 9.53 Å². The third kappa shape index (κ3) is 4.21. The van der Waals surface area contributed by atoms with Gasteiger partial charge in [0.25, 0.3) is 0 Å². The number of rotatable bonds is 5. The summed E-state index contributed by atoms with van der Waals surface area (Å²) in [5.74, 6) is 0. The summed E-state index contributed by atoms with van der Waals surface area (Å²) in [6, 6.07) is 9.34. The zero-order valence-corrected chi connectivity index (χ0v) is 15.5. The Labute approximate surface area is 160 Å². The highest BCUT2D eigenvalue weighted by atomic mass is 32.1. The van der Waals surface area contributed by atoms with E-state index in [9.17, 15) is 4.79 Å². The second-order valence-corrected chi connectivity index (χ2v) is 6.75. The predicted molar refractivity (Wildman–Crippen MR) is 104 cm³/mol. The van der Waals surface area contributed by atoms with Crippen LogP contribution < -0.4 is 10.6 Å². The summed E-state index contributed by atoms with van der Waals surface area (Å²) < 4.78 is 13.9. The molecule has 0 saturated carbocycles. The molecule has 1 fully saturated rings. The maximum absolute atomic E-state index is 12.5. The van der Waals surface area contributed by atoms with E-state index in [0.717, 1.165) is 35.9 Å². The zero-order valence-electron chi connectivity index (χ0n) is 14.7. The van der Waals surface area contributed by atoms with Crippen molar-refractivity contribution in [1.29, 1.82) is 0 Å². The first kappa shape index (κ1) is 17.8. The maximum atomic E-state index is 12.5. The van der Waals surface area contributed by atoms with E-state index >= 15 is 0 Å². The highest BCUT2D eigenvalue weighted by molar-refractivity contribution is 7.00. The van der Waals surface area contributed by atoms with E-state index in [2.05, 4.69) is 29.3 Å². The van der Waals surface area contributed by atoms with Crippen LogP contribution in [0.15, 0.2) is 42.7 Å². The van der Waals surface area contributed by atoms with E-state index in [1.54, 1.807) is 12.4 Å². The largest absolute Gasteiger partial charge is 0.379 e. The molecule has 2 N–H and O–H groups in total. The topological polar surface area (TPSA) is 92.3 Å². The van der Waals surface area contributed by atoms with Gasteiger partial charge < -0.3 is 15.4 Å². The van der Waals surface area contributed by atoms with Crippen LogP contribution in [0.1, 0.15) is 11.6 Å². The molecule has 3 heterocycles. The summed E-state index contributed by atoms with van der Waals surface area (Å²) in [4.78, 5) is 18.9. The lowest BCUT2D eigenvalue weighted by atomic mass is 10.1. The Kier molecular flexibility index (Phi) is 5.52. The molecule has 0 aliphatic carbocycles. The third-order valence-corrected chi connectivity index (χ3v) is 5.11. The number of anilines is 1. The molecule has 0 spiro atoms. The van der Waals surface area contributed by atoms with E-state index in [0.29, 0.717) is 31.0 Å². The van der Waals surface area contributed by atoms with Crippen LogP contribution in [0.4, 0.5) is 10.5 Å². The molecule has 140 valence electrons. The molecule has 9 heteroatoms. The highest BCUT2D eigenvalue weighted by Gasteiger charge is 2.23. The van der Waals surface area contributed by atoms with Crippen LogP contribution in [0, 0.1) is 0 Å². The SMILES string of the molecule is O=C(NCC(c1ccncc1)N1CCOCC1)Nc1cccc2nsnc12. The van der Waals surface area contributed by atoms with Crippen LogP contribution in [0.25, 0.3) is 11.0 Å². The Hall–Kier alpha value is -2.62. The molecule has 0 bridgehead atoms. The molecule has 8 nitrogen and oxygen atoms in total. The number of benzene rings is 1. The molecule has 1 atom stereocenters. The second-order valence-electron chi connectivity index (χ2n) is 6.22. The van der Waals surface area contributed by atoms with Gasteiger partial charge in [-0.3, -0.25) is 9.88 Å². The van der Waals surface area contributed by atoms with Crippen molar-refractivity contribution in [2.75, 3.05) is 38.2 Å². The number of carbonyl (C=O) groups is 1. The summed E-state index contributed by atoms with van der Waals surface area (Å²) >= 11 is 1.13. The summed E-state index contributed by atoms with van der Waals surface area (Å²) in [7, 11) is 0. The van der Waals surface area contributed by atoms with Crippen molar-refractivity contribution in [3.63, 3.8) is 0 Å². The van der Waals surface area contributed by atoms with Crippen LogP contribution in [0.5, 0.6) is 0 Å². The van der Waals surface area contributed by atoms with Crippen LogP contribution in [0.2, 0.25) is 0 Å². The molecule has 27 heavy (non-hydrogen) atoms. The van der Waals surface area contributed by atoms with E-state index in [1.807, 2.05) is 30.3 Å². The van der Waals surface area contributed by atoms with Crippen molar-refractivity contribution in [3.8, 4) is 0 Å². The fraction of sp³-hybridized carbons (Fsp3) is 0.333. The second kappa shape index (κ2) is 8.38. The molecule has 1 saturated heterocycles. The number of nitrogens with one attached hydrogen (secondary N) is 2. The minimum absolute atomic E-state index is 0.0689. The predicted octanol–water partition coefficient (Wildman–Crippen LogP) is 2.28. The molecular weight excluding hydrogens is 364 g/mol. The van der Waals surface area contributed by atoms with Gasteiger partial charge in [0.1, 0.15) is 11.0 Å². The Balaban J connectivity index is 1.44. The Bertz CT molecular complexity index is 897. The minimum Gasteiger partial charge on any atom is -0.379 e. The van der Waals surface area contributed by atoms with Gasteiger partial charge in [0.15, 0.2) is 0 Å². The summed E-state index contributed by atoms with van der Waals surface area (Å²) in [5, 5.41) is 5.87. The molecular formula is C18H20N6O2S. The number of fused-ring (bicyclic) bond motifs is 1. The van der Waals surface area contributed by atoms with Gasteiger partial charge in [0.2, 0.25) is 0 Å². The van der Waals surface area contributed by atoms with Crippen LogP contribution in [-0.4, -0.2) is 57.5 Å². The van der Waals surface area contributed by atoms with E-state index in [4.69, 9.17) is 4.74 Å². The first-order valence-corrected chi connectivity index (χ1v) is 9.52. The van der Waals surface area contributed by atoms with Crippen LogP contribution in [-0.2, 0) is 4.74 Å². The van der Waals surface area contributed by atoms with Gasteiger partial charge >= 0.3 is 6.03 Å². The summed E-state index contributed by atoms with van der Waals surface area (Å²) in [6.45, 7) is 3.56. The lowest BCUT2D eigenvalue weighted by Gasteiger charge is -2.34. The van der Waals surface area contributed by atoms with Crippen molar-refractivity contribution >= 4 is 34.5 Å². The average Bonchev–Trinajstić information content (AvgIpc) is 3.20. The quantitative estimate of drug-likeness (QED) is 0.701. The molecule has 1 aliphatic rings. The van der Waals surface area contributed by atoms with Gasteiger partial charge in [-0.1, -0.05) is 6.07 Å². The number of pyridine rings is 1. The molecule has 1 aromatic carbocycles. The number of nitrogens with zero attached hydrogens (tertiary/aromatic N) is 4. The van der Waals surface area contributed by atoms with Gasteiger partial charge in [-0.25, -0.2) is 4.79 Å². The van der Waals surface area contributed by atoms with Gasteiger partial charge in [0.05, 0.1) is 36.7 Å². The summed E-state index contributed by atoms with van der Waals surface area (Å²) in [6.07, 6.45) is 3.55. The van der Waals surface area contributed by atoms with Crippen LogP contribution >= 0.6 is 11.7 Å². The molecule has 1 unspecified atom stereocenters. The molecule has 3 aromatic rings. The maximum Gasteiger partial charge on any atom is 0.319 e. The Morgan fingerprint density at radius 3 is 2.81 bits per heavy atom. The number of carbonyl (C=O) groups excluding carboxylic acids is 1. The number of hydrogen-bond donors (Lipinski definition) is 2. The Morgan fingerprint density at radius 1 is 1.19 bits per heavy atom. The molecule has 2 amide bonds. The standard InChI is InChI=1S/C18H20N6O2S/c25-18(21-14-2-1-3-15-17(14)23-27-22-15)20-12-16(13-4-6-19-7-5-13)24-8-10-26-11-9-24/h1-7,16H,8-12H2,(H2,20,21,25). The average molecular weight is 384 g/mol. The number of aromatic nitrogens is 3. The molecule has 2 aromatic heterocycles. The van der Waals surface area contributed by atoms with Gasteiger partial charge in [-0.2, -0.15) is 8.75 Å². The number of hydrogen-bond acceptors (Lipinski definition) is 7.